The van der Waals surface area contributed by atoms with Gasteiger partial charge in [-0.3, -0.25) is 0 Å². The second kappa shape index (κ2) is 5.76. The molecule has 0 fully saturated rings. The SMILES string of the molecule is CC(CC=C([O])OC(C)(C)C)c1ccccc1. The zero-order valence-corrected chi connectivity index (χ0v) is 11.1. The Hall–Kier alpha value is -1.44. The van der Waals surface area contributed by atoms with E-state index < -0.39 is 5.60 Å². The molecule has 1 unspecified atom stereocenters. The maximum absolute atomic E-state index is 11.5. The molecule has 2 nitrogen and oxygen atoms in total. The van der Waals surface area contributed by atoms with Crippen LogP contribution in [0.3, 0.4) is 0 Å². The summed E-state index contributed by atoms with van der Waals surface area (Å²) in [6.07, 6.45) is 2.34. The number of benzene rings is 1. The Morgan fingerprint density at radius 1 is 1.29 bits per heavy atom. The first-order valence-corrected chi connectivity index (χ1v) is 5.99. The van der Waals surface area contributed by atoms with Crippen molar-refractivity contribution in [2.24, 2.45) is 0 Å². The molecule has 0 saturated heterocycles. The Balaban J connectivity index is 2.53. The third-order valence-corrected chi connectivity index (χ3v) is 2.41. The summed E-state index contributed by atoms with van der Waals surface area (Å²) in [7, 11) is 0. The molecular formula is C15H21O2. The van der Waals surface area contributed by atoms with Gasteiger partial charge in [-0.25, -0.2) is 5.11 Å². The van der Waals surface area contributed by atoms with E-state index >= 15 is 0 Å². The van der Waals surface area contributed by atoms with Crippen molar-refractivity contribution in [2.75, 3.05) is 0 Å². The average Bonchev–Trinajstić information content (AvgIpc) is 2.25. The van der Waals surface area contributed by atoms with Crippen LogP contribution in [0, 0.1) is 0 Å². The maximum atomic E-state index is 11.5. The molecule has 1 rings (SSSR count). The standard InChI is InChI=1S/C15H21O2/c1-12(13-8-6-5-7-9-13)10-11-14(16)17-15(2,3)4/h5-9,11-12H,10H2,1-4H3. The van der Waals surface area contributed by atoms with Crippen LogP contribution in [-0.2, 0) is 9.84 Å². The molecule has 2 heteroatoms. The molecule has 1 aromatic carbocycles. The molecule has 0 spiro atoms. The number of hydrogen-bond donors (Lipinski definition) is 0. The van der Waals surface area contributed by atoms with Crippen molar-refractivity contribution in [3.05, 3.63) is 47.9 Å². The van der Waals surface area contributed by atoms with Crippen LogP contribution in [0.1, 0.15) is 45.6 Å². The molecule has 0 bridgehead atoms. The smallest absolute Gasteiger partial charge is 0.327 e. The number of hydrogen-bond acceptors (Lipinski definition) is 1. The van der Waals surface area contributed by atoms with Gasteiger partial charge in [0.05, 0.1) is 0 Å². The van der Waals surface area contributed by atoms with E-state index in [1.807, 2.05) is 39.0 Å². The molecule has 0 aromatic heterocycles. The number of ether oxygens (including phenoxy) is 1. The first kappa shape index (κ1) is 13.6. The normalized spacial score (nSPS) is 14.5. The highest BCUT2D eigenvalue weighted by Gasteiger charge is 2.14. The van der Waals surface area contributed by atoms with E-state index in [0.29, 0.717) is 12.3 Å². The van der Waals surface area contributed by atoms with Gasteiger partial charge in [0.15, 0.2) is 0 Å². The Labute approximate surface area is 104 Å². The van der Waals surface area contributed by atoms with Crippen molar-refractivity contribution in [1.82, 2.24) is 0 Å². The summed E-state index contributed by atoms with van der Waals surface area (Å²) in [5.74, 6) is 0.101. The molecule has 0 aliphatic rings. The van der Waals surface area contributed by atoms with Crippen LogP contribution in [0.5, 0.6) is 0 Å². The monoisotopic (exact) mass is 233 g/mol. The zero-order chi connectivity index (χ0) is 12.9. The van der Waals surface area contributed by atoms with Gasteiger partial charge in [0, 0.05) is 6.08 Å². The molecule has 0 amide bonds. The van der Waals surface area contributed by atoms with Crippen molar-refractivity contribution in [3.63, 3.8) is 0 Å². The summed E-state index contributed by atoms with van der Waals surface area (Å²) in [6.45, 7) is 7.73. The second-order valence-corrected chi connectivity index (χ2v) is 5.29. The summed E-state index contributed by atoms with van der Waals surface area (Å²) in [5, 5.41) is 11.5. The van der Waals surface area contributed by atoms with Crippen molar-refractivity contribution < 1.29 is 9.84 Å². The third kappa shape index (κ3) is 5.43. The van der Waals surface area contributed by atoms with Gasteiger partial charge in [-0.1, -0.05) is 37.3 Å². The Morgan fingerprint density at radius 2 is 1.88 bits per heavy atom. The number of rotatable bonds is 4. The quantitative estimate of drug-likeness (QED) is 0.714. The average molecular weight is 233 g/mol. The van der Waals surface area contributed by atoms with Gasteiger partial charge in [-0.2, -0.15) is 0 Å². The summed E-state index contributed by atoms with van der Waals surface area (Å²) in [5.41, 5.74) is 0.830. The molecule has 1 radical (unpaired) electrons. The van der Waals surface area contributed by atoms with E-state index in [4.69, 9.17) is 4.74 Å². The molecule has 0 heterocycles. The molecule has 0 aliphatic carbocycles. The Bertz CT molecular complexity index is 360. The highest BCUT2D eigenvalue weighted by atomic mass is 16.6. The lowest BCUT2D eigenvalue weighted by atomic mass is 9.98. The van der Waals surface area contributed by atoms with Gasteiger partial charge in [0.25, 0.3) is 0 Å². The van der Waals surface area contributed by atoms with Crippen molar-refractivity contribution in [3.8, 4) is 0 Å². The first-order valence-electron chi connectivity index (χ1n) is 5.99. The van der Waals surface area contributed by atoms with Crippen LogP contribution in [-0.4, -0.2) is 5.60 Å². The van der Waals surface area contributed by atoms with Gasteiger partial charge >= 0.3 is 5.95 Å². The van der Waals surface area contributed by atoms with Gasteiger partial charge in [0.1, 0.15) is 5.60 Å². The van der Waals surface area contributed by atoms with E-state index in [1.54, 1.807) is 6.08 Å². The van der Waals surface area contributed by atoms with Crippen molar-refractivity contribution in [1.29, 1.82) is 0 Å². The van der Waals surface area contributed by atoms with E-state index in [1.165, 1.54) is 5.56 Å². The topological polar surface area (TPSA) is 29.1 Å². The molecular weight excluding hydrogens is 212 g/mol. The van der Waals surface area contributed by atoms with E-state index in [9.17, 15) is 5.11 Å². The van der Waals surface area contributed by atoms with Crippen molar-refractivity contribution >= 4 is 0 Å². The van der Waals surface area contributed by atoms with Crippen LogP contribution in [0.2, 0.25) is 0 Å². The molecule has 1 atom stereocenters. The minimum Gasteiger partial charge on any atom is -0.457 e. The third-order valence-electron chi connectivity index (χ3n) is 2.41. The fourth-order valence-electron chi connectivity index (χ4n) is 1.53. The lowest BCUT2D eigenvalue weighted by Crippen LogP contribution is -2.18. The van der Waals surface area contributed by atoms with Crippen LogP contribution in [0.25, 0.3) is 0 Å². The summed E-state index contributed by atoms with van der Waals surface area (Å²) in [6, 6.07) is 10.2. The van der Waals surface area contributed by atoms with Crippen LogP contribution in [0.4, 0.5) is 0 Å². The molecule has 0 aliphatic heterocycles. The minimum atomic E-state index is -0.413. The van der Waals surface area contributed by atoms with Crippen LogP contribution < -0.4 is 0 Å². The summed E-state index contributed by atoms with van der Waals surface area (Å²) in [4.78, 5) is 0. The van der Waals surface area contributed by atoms with Crippen LogP contribution in [0.15, 0.2) is 42.4 Å². The van der Waals surface area contributed by atoms with E-state index in [2.05, 4.69) is 19.1 Å². The molecule has 0 N–H and O–H groups in total. The molecule has 17 heavy (non-hydrogen) atoms. The Kier molecular flexibility index (Phi) is 4.62. The fraction of sp³-hybridized carbons (Fsp3) is 0.467. The van der Waals surface area contributed by atoms with Gasteiger partial charge in [0.2, 0.25) is 0 Å². The predicted octanol–water partition coefficient (Wildman–Crippen LogP) is 4.27. The highest BCUT2D eigenvalue weighted by molar-refractivity contribution is 5.19. The second-order valence-electron chi connectivity index (χ2n) is 5.29. The zero-order valence-electron chi connectivity index (χ0n) is 11.1. The summed E-state index contributed by atoms with van der Waals surface area (Å²) < 4.78 is 5.23. The van der Waals surface area contributed by atoms with E-state index in [0.717, 1.165) is 0 Å². The van der Waals surface area contributed by atoms with Gasteiger partial charge in [-0.05, 0) is 38.7 Å². The Morgan fingerprint density at radius 3 is 2.41 bits per heavy atom. The largest absolute Gasteiger partial charge is 0.457 e. The molecule has 0 saturated carbocycles. The molecule has 93 valence electrons. The van der Waals surface area contributed by atoms with Gasteiger partial charge < -0.3 is 4.74 Å². The minimum absolute atomic E-state index is 0.236. The predicted molar refractivity (Wildman–Crippen MR) is 69.1 cm³/mol. The lowest BCUT2D eigenvalue weighted by Gasteiger charge is -2.18. The highest BCUT2D eigenvalue weighted by Crippen LogP contribution is 2.20. The lowest BCUT2D eigenvalue weighted by molar-refractivity contribution is -0.0385. The van der Waals surface area contributed by atoms with Gasteiger partial charge in [-0.15, -0.1) is 0 Å². The fourth-order valence-corrected chi connectivity index (χ4v) is 1.53. The van der Waals surface area contributed by atoms with Crippen molar-refractivity contribution in [2.45, 2.75) is 45.6 Å². The first-order chi connectivity index (χ1) is 7.88. The summed E-state index contributed by atoms with van der Waals surface area (Å²) >= 11 is 0. The molecule has 1 aromatic rings. The number of allylic oxidation sites excluding steroid dienone is 1. The maximum Gasteiger partial charge on any atom is 0.327 e. The van der Waals surface area contributed by atoms with E-state index in [-0.39, 0.29) is 5.95 Å². The van der Waals surface area contributed by atoms with Crippen LogP contribution >= 0.6 is 0 Å².